The minimum atomic E-state index is -0.450. The maximum Gasteiger partial charge on any atom is 0.305 e. The minimum absolute atomic E-state index is 0.152. The number of rotatable bonds is 4. The summed E-state index contributed by atoms with van der Waals surface area (Å²) in [4.78, 5) is 12.2. The fraction of sp³-hybridized carbons (Fsp3) is 0.0526. The Hall–Kier alpha value is -3.03. The summed E-state index contributed by atoms with van der Waals surface area (Å²) < 4.78 is 10.7. The molecule has 0 bridgehead atoms. The van der Waals surface area contributed by atoms with Gasteiger partial charge < -0.3 is 14.5 Å². The maximum absolute atomic E-state index is 12.2. The normalized spacial score (nSPS) is 10.1. The zero-order chi connectivity index (χ0) is 19.2. The summed E-state index contributed by atoms with van der Waals surface area (Å²) in [5.74, 6) is 1.01. The van der Waals surface area contributed by atoms with Crippen molar-refractivity contribution in [2.75, 3.05) is 12.4 Å². The molecule has 3 N–H and O–H groups in total. The molecule has 2 aromatic carbocycles. The molecular formula is C19H16ClN3O3S. The third kappa shape index (κ3) is 4.99. The standard InChI is InChI=1S/C19H16ClN3O3S/c1-25-15-8-6-14(7-9-15)21-19(27)23-22-18(24)17-11-10-16(26-17)12-2-4-13(20)5-3-12/h2-11H,1H3,(H,22,24)(H2,21,23,27). The molecule has 27 heavy (non-hydrogen) atoms. The number of ether oxygens (including phenoxy) is 1. The molecule has 0 aliphatic heterocycles. The number of methoxy groups -OCH3 is 1. The van der Waals surface area contributed by atoms with Gasteiger partial charge in [0.25, 0.3) is 0 Å². The van der Waals surface area contributed by atoms with Gasteiger partial charge in [-0.05, 0) is 72.9 Å². The highest BCUT2D eigenvalue weighted by molar-refractivity contribution is 7.80. The highest BCUT2D eigenvalue weighted by atomic mass is 35.5. The first-order valence-electron chi connectivity index (χ1n) is 7.92. The van der Waals surface area contributed by atoms with Gasteiger partial charge in [-0.25, -0.2) is 0 Å². The lowest BCUT2D eigenvalue weighted by Gasteiger charge is -2.11. The lowest BCUT2D eigenvalue weighted by molar-refractivity contribution is 0.0917. The number of hydrogen-bond acceptors (Lipinski definition) is 4. The van der Waals surface area contributed by atoms with Crippen LogP contribution >= 0.6 is 23.8 Å². The van der Waals surface area contributed by atoms with Crippen LogP contribution in [0.3, 0.4) is 0 Å². The summed E-state index contributed by atoms with van der Waals surface area (Å²) >= 11 is 11.0. The third-order valence-electron chi connectivity index (χ3n) is 3.60. The first-order chi connectivity index (χ1) is 13.0. The average molecular weight is 402 g/mol. The van der Waals surface area contributed by atoms with Gasteiger partial charge >= 0.3 is 5.91 Å². The van der Waals surface area contributed by atoms with E-state index in [4.69, 9.17) is 33.0 Å². The Labute approximate surface area is 166 Å². The maximum atomic E-state index is 12.2. The zero-order valence-corrected chi connectivity index (χ0v) is 15.9. The number of benzene rings is 2. The highest BCUT2D eigenvalue weighted by Crippen LogP contribution is 2.23. The number of carbonyl (C=O) groups excluding carboxylic acids is 1. The van der Waals surface area contributed by atoms with Gasteiger partial charge in [0.1, 0.15) is 11.5 Å². The van der Waals surface area contributed by atoms with Crippen molar-refractivity contribution in [3.63, 3.8) is 0 Å². The SMILES string of the molecule is COc1ccc(NC(=S)NNC(=O)c2ccc(-c3ccc(Cl)cc3)o2)cc1. The molecule has 3 aromatic rings. The smallest absolute Gasteiger partial charge is 0.305 e. The Morgan fingerprint density at radius 2 is 1.70 bits per heavy atom. The molecule has 8 heteroatoms. The second-order valence-corrected chi connectivity index (χ2v) is 6.28. The van der Waals surface area contributed by atoms with E-state index in [1.165, 1.54) is 0 Å². The summed E-state index contributed by atoms with van der Waals surface area (Å²) in [5, 5.41) is 3.81. The molecule has 0 saturated carbocycles. The summed E-state index contributed by atoms with van der Waals surface area (Å²) in [6.45, 7) is 0. The van der Waals surface area contributed by atoms with Gasteiger partial charge in [0, 0.05) is 16.3 Å². The van der Waals surface area contributed by atoms with Crippen LogP contribution in [0.2, 0.25) is 5.02 Å². The molecule has 1 amide bonds. The summed E-state index contributed by atoms with van der Waals surface area (Å²) in [6, 6.07) is 17.6. The highest BCUT2D eigenvalue weighted by Gasteiger charge is 2.12. The van der Waals surface area contributed by atoms with Crippen LogP contribution in [0.4, 0.5) is 5.69 Å². The molecule has 0 radical (unpaired) electrons. The Kier molecular flexibility index (Phi) is 5.95. The number of halogens is 1. The van der Waals surface area contributed by atoms with Crippen molar-refractivity contribution >= 4 is 40.5 Å². The number of thiocarbonyl (C=S) groups is 1. The molecule has 0 spiro atoms. The van der Waals surface area contributed by atoms with Gasteiger partial charge in [-0.3, -0.25) is 15.6 Å². The van der Waals surface area contributed by atoms with Crippen LogP contribution in [0.25, 0.3) is 11.3 Å². The molecule has 0 aliphatic rings. The molecule has 0 aliphatic carbocycles. The van der Waals surface area contributed by atoms with Crippen LogP contribution in [-0.2, 0) is 0 Å². The molecule has 6 nitrogen and oxygen atoms in total. The Bertz CT molecular complexity index is 940. The summed E-state index contributed by atoms with van der Waals surface area (Å²) in [5.41, 5.74) is 6.69. The molecule has 138 valence electrons. The first-order valence-corrected chi connectivity index (χ1v) is 8.71. The van der Waals surface area contributed by atoms with Gasteiger partial charge in [-0.2, -0.15) is 0 Å². The van der Waals surface area contributed by atoms with Crippen LogP contribution in [0.1, 0.15) is 10.6 Å². The van der Waals surface area contributed by atoms with Gasteiger partial charge in [0.05, 0.1) is 7.11 Å². The van der Waals surface area contributed by atoms with Crippen molar-refractivity contribution in [2.45, 2.75) is 0 Å². The molecular weight excluding hydrogens is 386 g/mol. The second kappa shape index (κ2) is 8.57. The molecule has 3 rings (SSSR count). The largest absolute Gasteiger partial charge is 0.497 e. The van der Waals surface area contributed by atoms with E-state index in [0.29, 0.717) is 10.8 Å². The molecule has 0 fully saturated rings. The molecule has 0 unspecified atom stereocenters. The van der Waals surface area contributed by atoms with E-state index in [1.807, 2.05) is 12.1 Å². The van der Waals surface area contributed by atoms with Gasteiger partial charge in [-0.15, -0.1) is 0 Å². The molecule has 0 atom stereocenters. The summed E-state index contributed by atoms with van der Waals surface area (Å²) in [6.07, 6.45) is 0. The number of hydrogen-bond donors (Lipinski definition) is 3. The number of carbonyl (C=O) groups is 1. The van der Waals surface area contributed by atoms with Crippen LogP contribution in [-0.4, -0.2) is 18.1 Å². The average Bonchev–Trinajstić information content (AvgIpc) is 3.17. The van der Waals surface area contributed by atoms with Crippen molar-refractivity contribution in [2.24, 2.45) is 0 Å². The lowest BCUT2D eigenvalue weighted by Crippen LogP contribution is -2.43. The Balaban J connectivity index is 1.54. The van der Waals surface area contributed by atoms with Crippen molar-refractivity contribution in [3.05, 3.63) is 71.4 Å². The van der Waals surface area contributed by atoms with Crippen LogP contribution < -0.4 is 20.9 Å². The topological polar surface area (TPSA) is 75.5 Å². The van der Waals surface area contributed by atoms with Gasteiger partial charge in [-0.1, -0.05) is 11.6 Å². The van der Waals surface area contributed by atoms with E-state index in [2.05, 4.69) is 16.2 Å². The minimum Gasteiger partial charge on any atom is -0.497 e. The second-order valence-electron chi connectivity index (χ2n) is 5.43. The number of anilines is 1. The van der Waals surface area contributed by atoms with E-state index in [-0.39, 0.29) is 10.9 Å². The number of nitrogens with one attached hydrogen (secondary N) is 3. The zero-order valence-electron chi connectivity index (χ0n) is 14.3. The van der Waals surface area contributed by atoms with Crippen molar-refractivity contribution in [1.82, 2.24) is 10.9 Å². The molecule has 1 aromatic heterocycles. The van der Waals surface area contributed by atoms with Crippen LogP contribution in [0.15, 0.2) is 65.1 Å². The number of furan rings is 1. The lowest BCUT2D eigenvalue weighted by atomic mass is 10.2. The molecule has 0 saturated heterocycles. The summed E-state index contributed by atoms with van der Waals surface area (Å²) in [7, 11) is 1.59. The van der Waals surface area contributed by atoms with Gasteiger partial charge in [0.15, 0.2) is 10.9 Å². The Morgan fingerprint density at radius 1 is 1.00 bits per heavy atom. The number of amides is 1. The van der Waals surface area contributed by atoms with E-state index in [1.54, 1.807) is 55.6 Å². The third-order valence-corrected chi connectivity index (χ3v) is 4.05. The van der Waals surface area contributed by atoms with Crippen LogP contribution in [0.5, 0.6) is 5.75 Å². The Morgan fingerprint density at radius 3 is 2.37 bits per heavy atom. The van der Waals surface area contributed by atoms with Crippen molar-refractivity contribution in [1.29, 1.82) is 0 Å². The van der Waals surface area contributed by atoms with E-state index >= 15 is 0 Å². The van der Waals surface area contributed by atoms with Crippen molar-refractivity contribution in [3.8, 4) is 17.1 Å². The first kappa shape index (κ1) is 18.8. The fourth-order valence-corrected chi connectivity index (χ4v) is 2.54. The van der Waals surface area contributed by atoms with E-state index < -0.39 is 5.91 Å². The fourth-order valence-electron chi connectivity index (χ4n) is 2.24. The van der Waals surface area contributed by atoms with Crippen LogP contribution in [0, 0.1) is 0 Å². The quantitative estimate of drug-likeness (QED) is 0.448. The molecule has 1 heterocycles. The van der Waals surface area contributed by atoms with Gasteiger partial charge in [0.2, 0.25) is 0 Å². The predicted molar refractivity (Wildman–Crippen MR) is 109 cm³/mol. The van der Waals surface area contributed by atoms with Crippen molar-refractivity contribution < 1.29 is 13.9 Å². The monoisotopic (exact) mass is 401 g/mol. The van der Waals surface area contributed by atoms with E-state index in [9.17, 15) is 4.79 Å². The predicted octanol–water partition coefficient (Wildman–Crippen LogP) is 4.24. The number of hydrazine groups is 1. The van der Waals surface area contributed by atoms with E-state index in [0.717, 1.165) is 17.0 Å².